The maximum atomic E-state index is 10.9. The first-order valence-corrected chi connectivity index (χ1v) is 5.69. The van der Waals surface area contributed by atoms with E-state index in [0.29, 0.717) is 0 Å². The summed E-state index contributed by atoms with van der Waals surface area (Å²) in [6.45, 7) is 3.59. The van der Waals surface area contributed by atoms with Crippen LogP contribution in [0.25, 0.3) is 0 Å². The smallest absolute Gasteiger partial charge is 0.308 e. The van der Waals surface area contributed by atoms with E-state index in [9.17, 15) is 4.79 Å². The Kier molecular flexibility index (Phi) is 4.37. The Morgan fingerprint density at radius 2 is 1.88 bits per heavy atom. The molecule has 0 amide bonds. The molecule has 1 aromatic rings. The molecule has 0 radical (unpaired) electrons. The number of anilines is 2. The van der Waals surface area contributed by atoms with Crippen molar-refractivity contribution < 1.29 is 9.90 Å². The molecular weight excluding hydrogens is 216 g/mol. The molecule has 1 rings (SSSR count). The summed E-state index contributed by atoms with van der Waals surface area (Å²) in [6, 6.07) is 7.74. The van der Waals surface area contributed by atoms with Crippen molar-refractivity contribution in [3.05, 3.63) is 24.3 Å². The maximum absolute atomic E-state index is 10.9. The van der Waals surface area contributed by atoms with Crippen molar-refractivity contribution >= 4 is 17.3 Å². The molecule has 0 heterocycles. The third-order valence-corrected chi connectivity index (χ3v) is 2.91. The average molecular weight is 236 g/mol. The van der Waals surface area contributed by atoms with Crippen LogP contribution >= 0.6 is 0 Å². The van der Waals surface area contributed by atoms with Crippen LogP contribution < -0.4 is 10.2 Å². The van der Waals surface area contributed by atoms with Gasteiger partial charge in [0.25, 0.3) is 0 Å². The van der Waals surface area contributed by atoms with Crippen molar-refractivity contribution in [3.8, 4) is 0 Å². The zero-order valence-corrected chi connectivity index (χ0v) is 10.8. The van der Waals surface area contributed by atoms with Crippen LogP contribution in [0.5, 0.6) is 0 Å². The van der Waals surface area contributed by atoms with Crippen molar-refractivity contribution in [2.24, 2.45) is 5.92 Å². The summed E-state index contributed by atoms with van der Waals surface area (Å²) in [5, 5.41) is 12.2. The molecular formula is C13H20N2O2. The van der Waals surface area contributed by atoms with Crippen LogP contribution in [0.2, 0.25) is 0 Å². The zero-order valence-electron chi connectivity index (χ0n) is 10.8. The SMILES string of the molecule is CC(Nc1ccccc1N(C)C)C(C)C(=O)O. The first-order valence-electron chi connectivity index (χ1n) is 5.69. The lowest BCUT2D eigenvalue weighted by atomic mass is 10.0. The van der Waals surface area contributed by atoms with Gasteiger partial charge in [0.15, 0.2) is 0 Å². The van der Waals surface area contributed by atoms with Gasteiger partial charge in [0.05, 0.1) is 17.3 Å². The molecule has 2 N–H and O–H groups in total. The van der Waals surface area contributed by atoms with Crippen LogP contribution in [0.1, 0.15) is 13.8 Å². The molecule has 0 aliphatic carbocycles. The average Bonchev–Trinajstić information content (AvgIpc) is 2.28. The van der Waals surface area contributed by atoms with Crippen molar-refractivity contribution in [2.75, 3.05) is 24.3 Å². The summed E-state index contributed by atoms with van der Waals surface area (Å²) in [6.07, 6.45) is 0. The van der Waals surface area contributed by atoms with Gasteiger partial charge in [0, 0.05) is 20.1 Å². The molecule has 0 aliphatic heterocycles. The summed E-state index contributed by atoms with van der Waals surface area (Å²) < 4.78 is 0. The van der Waals surface area contributed by atoms with Gasteiger partial charge in [0.1, 0.15) is 0 Å². The topological polar surface area (TPSA) is 52.6 Å². The van der Waals surface area contributed by atoms with Crippen LogP contribution in [0.3, 0.4) is 0 Å². The first-order chi connectivity index (χ1) is 7.93. The lowest BCUT2D eigenvalue weighted by Gasteiger charge is -2.23. The number of nitrogens with zero attached hydrogens (tertiary/aromatic N) is 1. The van der Waals surface area contributed by atoms with E-state index in [4.69, 9.17) is 5.11 Å². The third-order valence-electron chi connectivity index (χ3n) is 2.91. The third kappa shape index (κ3) is 3.37. The van der Waals surface area contributed by atoms with Crippen LogP contribution in [-0.2, 0) is 4.79 Å². The van der Waals surface area contributed by atoms with Crippen molar-refractivity contribution in [1.82, 2.24) is 0 Å². The maximum Gasteiger partial charge on any atom is 0.308 e. The van der Waals surface area contributed by atoms with Gasteiger partial charge in [-0.05, 0) is 26.0 Å². The zero-order chi connectivity index (χ0) is 13.0. The molecule has 0 bridgehead atoms. The normalized spacial score (nSPS) is 13.9. The summed E-state index contributed by atoms with van der Waals surface area (Å²) in [7, 11) is 3.93. The minimum atomic E-state index is -0.785. The number of benzene rings is 1. The summed E-state index contributed by atoms with van der Waals surface area (Å²) in [5.41, 5.74) is 2.01. The Morgan fingerprint density at radius 1 is 1.29 bits per heavy atom. The fourth-order valence-electron chi connectivity index (χ4n) is 1.57. The largest absolute Gasteiger partial charge is 0.481 e. The quantitative estimate of drug-likeness (QED) is 0.823. The van der Waals surface area contributed by atoms with E-state index >= 15 is 0 Å². The van der Waals surface area contributed by atoms with E-state index < -0.39 is 11.9 Å². The Morgan fingerprint density at radius 3 is 2.41 bits per heavy atom. The van der Waals surface area contributed by atoms with Crippen LogP contribution in [0, 0.1) is 5.92 Å². The number of hydrogen-bond donors (Lipinski definition) is 2. The second kappa shape index (κ2) is 5.57. The van der Waals surface area contributed by atoms with Gasteiger partial charge >= 0.3 is 5.97 Å². The van der Waals surface area contributed by atoms with Gasteiger partial charge in [0.2, 0.25) is 0 Å². The molecule has 2 atom stereocenters. The molecule has 4 heteroatoms. The Bertz CT molecular complexity index is 391. The Labute approximate surface area is 102 Å². The monoisotopic (exact) mass is 236 g/mol. The van der Waals surface area contributed by atoms with Crippen LogP contribution in [0.15, 0.2) is 24.3 Å². The molecule has 0 saturated heterocycles. The molecule has 0 saturated carbocycles. The standard InChI is InChI=1S/C13H20N2O2/c1-9(13(16)17)10(2)14-11-7-5-6-8-12(11)15(3)4/h5-10,14H,1-4H3,(H,16,17). The minimum absolute atomic E-state index is 0.117. The van der Waals surface area contributed by atoms with E-state index in [1.807, 2.05) is 50.2 Å². The van der Waals surface area contributed by atoms with Crippen LogP contribution in [0.4, 0.5) is 11.4 Å². The summed E-state index contributed by atoms with van der Waals surface area (Å²) in [5.74, 6) is -1.21. The summed E-state index contributed by atoms with van der Waals surface area (Å²) >= 11 is 0. The molecule has 4 nitrogen and oxygen atoms in total. The number of hydrogen-bond acceptors (Lipinski definition) is 3. The van der Waals surface area contributed by atoms with E-state index in [1.54, 1.807) is 6.92 Å². The van der Waals surface area contributed by atoms with E-state index in [1.165, 1.54) is 0 Å². The lowest BCUT2D eigenvalue weighted by molar-refractivity contribution is -0.141. The Hall–Kier alpha value is -1.71. The van der Waals surface area contributed by atoms with Crippen LogP contribution in [-0.4, -0.2) is 31.2 Å². The molecule has 0 aliphatic rings. The number of aliphatic carboxylic acids is 1. The number of rotatable bonds is 5. The predicted octanol–water partition coefficient (Wildman–Crippen LogP) is 2.27. The highest BCUT2D eigenvalue weighted by Crippen LogP contribution is 2.25. The second-order valence-electron chi connectivity index (χ2n) is 4.47. The molecule has 17 heavy (non-hydrogen) atoms. The number of carboxylic acids is 1. The number of nitrogens with one attached hydrogen (secondary N) is 1. The number of carbonyl (C=O) groups is 1. The van der Waals surface area contributed by atoms with Gasteiger partial charge in [-0.3, -0.25) is 4.79 Å². The van der Waals surface area contributed by atoms with Gasteiger partial charge < -0.3 is 15.3 Å². The van der Waals surface area contributed by atoms with Gasteiger partial charge in [-0.1, -0.05) is 12.1 Å². The highest BCUT2D eigenvalue weighted by Gasteiger charge is 2.19. The molecule has 0 spiro atoms. The van der Waals surface area contributed by atoms with Crippen molar-refractivity contribution in [2.45, 2.75) is 19.9 Å². The second-order valence-corrected chi connectivity index (χ2v) is 4.47. The highest BCUT2D eigenvalue weighted by molar-refractivity contribution is 5.73. The molecule has 2 unspecified atom stereocenters. The summed E-state index contributed by atoms with van der Waals surface area (Å²) in [4.78, 5) is 12.9. The lowest BCUT2D eigenvalue weighted by Crippen LogP contribution is -2.30. The number of para-hydroxylation sites is 2. The predicted molar refractivity (Wildman–Crippen MR) is 70.7 cm³/mol. The molecule has 1 aromatic carbocycles. The fraction of sp³-hybridized carbons (Fsp3) is 0.462. The minimum Gasteiger partial charge on any atom is -0.481 e. The van der Waals surface area contributed by atoms with Crippen molar-refractivity contribution in [3.63, 3.8) is 0 Å². The first kappa shape index (κ1) is 13.4. The molecule has 0 fully saturated rings. The van der Waals surface area contributed by atoms with E-state index in [2.05, 4.69) is 5.32 Å². The van der Waals surface area contributed by atoms with Gasteiger partial charge in [-0.25, -0.2) is 0 Å². The number of carboxylic acid groups (broad SMARTS) is 1. The van der Waals surface area contributed by atoms with Gasteiger partial charge in [-0.15, -0.1) is 0 Å². The molecule has 94 valence electrons. The highest BCUT2D eigenvalue weighted by atomic mass is 16.4. The van der Waals surface area contributed by atoms with E-state index in [0.717, 1.165) is 11.4 Å². The Balaban J connectivity index is 2.84. The fourth-order valence-corrected chi connectivity index (χ4v) is 1.57. The van der Waals surface area contributed by atoms with Crippen molar-refractivity contribution in [1.29, 1.82) is 0 Å². The van der Waals surface area contributed by atoms with E-state index in [-0.39, 0.29) is 6.04 Å². The molecule has 0 aromatic heterocycles. The van der Waals surface area contributed by atoms with Gasteiger partial charge in [-0.2, -0.15) is 0 Å².